The van der Waals surface area contributed by atoms with Gasteiger partial charge in [0.2, 0.25) is 0 Å². The minimum atomic E-state index is -0.580. The van der Waals surface area contributed by atoms with Gasteiger partial charge in [-0.1, -0.05) is 29.8 Å². The van der Waals surface area contributed by atoms with Crippen LogP contribution in [0.2, 0.25) is 0 Å². The summed E-state index contributed by atoms with van der Waals surface area (Å²) in [6.07, 6.45) is 9.29. The van der Waals surface area contributed by atoms with Gasteiger partial charge in [0.15, 0.2) is 5.76 Å². The maximum absolute atomic E-state index is 12.8. The van der Waals surface area contributed by atoms with E-state index in [4.69, 9.17) is 4.42 Å². The fraction of sp³-hybridized carbons (Fsp3) is 0.480. The van der Waals surface area contributed by atoms with E-state index in [1.165, 1.54) is 18.4 Å². The van der Waals surface area contributed by atoms with Crippen molar-refractivity contribution in [1.82, 2.24) is 15.5 Å². The predicted octanol–water partition coefficient (Wildman–Crippen LogP) is 3.41. The van der Waals surface area contributed by atoms with E-state index in [9.17, 15) is 14.4 Å². The van der Waals surface area contributed by atoms with Gasteiger partial charge in [-0.05, 0) is 63.0 Å². The second-order valence-electron chi connectivity index (χ2n) is 8.71. The molecule has 2 aliphatic rings. The topological polar surface area (TPSA) is 91.7 Å². The Morgan fingerprint density at radius 3 is 2.56 bits per heavy atom. The number of piperidine rings is 1. The van der Waals surface area contributed by atoms with Gasteiger partial charge < -0.3 is 20.0 Å². The molecule has 3 amide bonds. The number of likely N-dealkylation sites (tertiary alicyclic amines) is 1. The fourth-order valence-electron chi connectivity index (χ4n) is 4.45. The molecular weight excluding hydrogens is 406 g/mol. The average Bonchev–Trinajstić information content (AvgIpc) is 3.27. The van der Waals surface area contributed by atoms with Crippen molar-refractivity contribution >= 4 is 28.7 Å². The lowest BCUT2D eigenvalue weighted by Crippen LogP contribution is -2.45. The van der Waals surface area contributed by atoms with Crippen LogP contribution in [-0.4, -0.2) is 48.8 Å². The molecule has 2 heterocycles. The number of carbonyl (C=O) groups excluding carboxylic acids is 3. The molecule has 0 unspecified atom stereocenters. The van der Waals surface area contributed by atoms with Crippen LogP contribution in [0.5, 0.6) is 0 Å². The van der Waals surface area contributed by atoms with Gasteiger partial charge in [-0.2, -0.15) is 0 Å². The number of amides is 3. The molecule has 0 atom stereocenters. The normalized spacial score (nSPS) is 17.1. The number of nitrogens with one attached hydrogen (secondary N) is 2. The van der Waals surface area contributed by atoms with E-state index in [0.29, 0.717) is 37.5 Å². The van der Waals surface area contributed by atoms with Crippen LogP contribution in [0.4, 0.5) is 0 Å². The lowest BCUT2D eigenvalue weighted by Gasteiger charge is -2.31. The molecule has 1 aromatic heterocycles. The zero-order valence-electron chi connectivity index (χ0n) is 18.4. The minimum absolute atomic E-state index is 0.101. The van der Waals surface area contributed by atoms with E-state index in [1.807, 2.05) is 24.3 Å². The summed E-state index contributed by atoms with van der Waals surface area (Å²) < 4.78 is 5.69. The highest BCUT2D eigenvalue weighted by Crippen LogP contribution is 2.23. The third-order valence-corrected chi connectivity index (χ3v) is 6.41. The molecular formula is C25H31N3O4. The van der Waals surface area contributed by atoms with E-state index in [0.717, 1.165) is 37.5 Å². The van der Waals surface area contributed by atoms with E-state index in [-0.39, 0.29) is 11.8 Å². The van der Waals surface area contributed by atoms with E-state index < -0.39 is 11.8 Å². The molecule has 7 nitrogen and oxygen atoms in total. The molecule has 1 aliphatic carbocycles. The largest absolute Gasteiger partial charge is 0.451 e. The molecule has 1 aromatic carbocycles. The van der Waals surface area contributed by atoms with Crippen LogP contribution in [-0.2, 0) is 9.59 Å². The zero-order valence-corrected chi connectivity index (χ0v) is 18.4. The van der Waals surface area contributed by atoms with Crippen LogP contribution in [0.15, 0.2) is 46.4 Å². The Morgan fingerprint density at radius 2 is 1.81 bits per heavy atom. The number of carbonyl (C=O) groups is 3. The van der Waals surface area contributed by atoms with Gasteiger partial charge in [0.05, 0.1) is 0 Å². The molecule has 1 saturated heterocycles. The third-order valence-electron chi connectivity index (χ3n) is 6.41. The van der Waals surface area contributed by atoms with Crippen LogP contribution in [0.25, 0.3) is 11.0 Å². The quantitative estimate of drug-likeness (QED) is 0.535. The van der Waals surface area contributed by atoms with Gasteiger partial charge in [-0.3, -0.25) is 14.4 Å². The zero-order chi connectivity index (χ0) is 22.3. The van der Waals surface area contributed by atoms with Crippen LogP contribution in [0, 0.1) is 5.92 Å². The predicted molar refractivity (Wildman–Crippen MR) is 122 cm³/mol. The Morgan fingerprint density at radius 1 is 1.03 bits per heavy atom. The first-order valence-electron chi connectivity index (χ1n) is 11.6. The van der Waals surface area contributed by atoms with Gasteiger partial charge in [0, 0.05) is 31.6 Å². The Bertz CT molecular complexity index is 969. The summed E-state index contributed by atoms with van der Waals surface area (Å²) in [6, 6.07) is 9.36. The van der Waals surface area contributed by atoms with Crippen molar-refractivity contribution in [2.75, 3.05) is 26.2 Å². The Labute approximate surface area is 188 Å². The number of fused-ring (bicyclic) bond motifs is 1. The lowest BCUT2D eigenvalue weighted by atomic mass is 9.96. The van der Waals surface area contributed by atoms with Crippen molar-refractivity contribution < 1.29 is 18.8 Å². The molecule has 32 heavy (non-hydrogen) atoms. The molecule has 170 valence electrons. The maximum Gasteiger partial charge on any atom is 0.309 e. The molecule has 1 aliphatic heterocycles. The fourth-order valence-corrected chi connectivity index (χ4v) is 4.45. The molecule has 0 saturated carbocycles. The van der Waals surface area contributed by atoms with Crippen molar-refractivity contribution in [2.45, 2.75) is 44.9 Å². The van der Waals surface area contributed by atoms with Crippen molar-refractivity contribution in [2.24, 2.45) is 5.92 Å². The standard InChI is InChI=1S/C25H31N3O4/c29-23(26-13-10-18-6-2-1-3-7-18)24(30)27-17-19-11-14-28(15-12-19)25(31)22-16-20-8-4-5-9-21(20)32-22/h4-6,8-9,16,19H,1-3,7,10-15,17H2,(H,26,29)(H,27,30). The molecule has 2 aromatic rings. The number of benzene rings is 1. The molecule has 7 heteroatoms. The second-order valence-corrected chi connectivity index (χ2v) is 8.71. The third kappa shape index (κ3) is 5.58. The Kier molecular flexibility index (Phi) is 7.24. The summed E-state index contributed by atoms with van der Waals surface area (Å²) in [4.78, 5) is 38.7. The van der Waals surface area contributed by atoms with Crippen molar-refractivity contribution in [3.8, 4) is 0 Å². The molecule has 1 fully saturated rings. The SMILES string of the molecule is O=C(NCCC1=CCCCC1)C(=O)NCC1CCN(C(=O)c2cc3ccccc3o2)CC1. The number of para-hydroxylation sites is 1. The number of furan rings is 1. The molecule has 0 radical (unpaired) electrons. The monoisotopic (exact) mass is 437 g/mol. The molecule has 0 spiro atoms. The van der Waals surface area contributed by atoms with E-state index >= 15 is 0 Å². The molecule has 0 bridgehead atoms. The summed E-state index contributed by atoms with van der Waals surface area (Å²) in [7, 11) is 0. The first-order chi connectivity index (χ1) is 15.6. The number of hydrogen-bond donors (Lipinski definition) is 2. The number of allylic oxidation sites excluding steroid dienone is 1. The highest BCUT2D eigenvalue weighted by molar-refractivity contribution is 6.35. The van der Waals surface area contributed by atoms with Crippen LogP contribution >= 0.6 is 0 Å². The second kappa shape index (κ2) is 10.5. The minimum Gasteiger partial charge on any atom is -0.451 e. The Hall–Kier alpha value is -3.09. The van der Waals surface area contributed by atoms with Gasteiger partial charge in [0.1, 0.15) is 5.58 Å². The van der Waals surface area contributed by atoms with Crippen molar-refractivity contribution in [3.63, 3.8) is 0 Å². The summed E-state index contributed by atoms with van der Waals surface area (Å²) in [5.74, 6) is -0.643. The van der Waals surface area contributed by atoms with Crippen molar-refractivity contribution in [3.05, 3.63) is 47.7 Å². The lowest BCUT2D eigenvalue weighted by molar-refractivity contribution is -0.139. The van der Waals surface area contributed by atoms with Gasteiger partial charge >= 0.3 is 11.8 Å². The summed E-state index contributed by atoms with van der Waals surface area (Å²) >= 11 is 0. The molecule has 4 rings (SSSR count). The summed E-state index contributed by atoms with van der Waals surface area (Å²) in [5, 5.41) is 6.38. The van der Waals surface area contributed by atoms with Crippen molar-refractivity contribution in [1.29, 1.82) is 0 Å². The highest BCUT2D eigenvalue weighted by atomic mass is 16.3. The van der Waals surface area contributed by atoms with E-state index in [2.05, 4.69) is 16.7 Å². The first kappa shape index (κ1) is 22.1. The number of nitrogens with zero attached hydrogens (tertiary/aromatic N) is 1. The first-order valence-corrected chi connectivity index (χ1v) is 11.6. The number of hydrogen-bond acceptors (Lipinski definition) is 4. The van der Waals surface area contributed by atoms with Gasteiger partial charge in [-0.15, -0.1) is 0 Å². The highest BCUT2D eigenvalue weighted by Gasteiger charge is 2.26. The summed E-state index contributed by atoms with van der Waals surface area (Å²) in [6.45, 7) is 2.17. The van der Waals surface area contributed by atoms with Crippen LogP contribution in [0.1, 0.15) is 55.5 Å². The Balaban J connectivity index is 1.16. The van der Waals surface area contributed by atoms with Gasteiger partial charge in [-0.25, -0.2) is 0 Å². The maximum atomic E-state index is 12.8. The average molecular weight is 438 g/mol. The smallest absolute Gasteiger partial charge is 0.309 e. The van der Waals surface area contributed by atoms with Crippen LogP contribution < -0.4 is 10.6 Å². The summed E-state index contributed by atoms with van der Waals surface area (Å²) in [5.41, 5.74) is 2.09. The molecule has 2 N–H and O–H groups in total. The van der Waals surface area contributed by atoms with Crippen LogP contribution in [0.3, 0.4) is 0 Å². The number of rotatable bonds is 6. The van der Waals surface area contributed by atoms with E-state index in [1.54, 1.807) is 11.0 Å². The van der Waals surface area contributed by atoms with Gasteiger partial charge in [0.25, 0.3) is 5.91 Å².